The summed E-state index contributed by atoms with van der Waals surface area (Å²) in [6, 6.07) is 0.236. The van der Waals surface area contributed by atoms with E-state index in [2.05, 4.69) is 0 Å². The second kappa shape index (κ2) is 5.84. The maximum absolute atomic E-state index is 12.1. The molecule has 1 amide bonds. The van der Waals surface area contributed by atoms with Crippen LogP contribution < -0.4 is 5.73 Å². The summed E-state index contributed by atoms with van der Waals surface area (Å²) < 4.78 is 5.26. The predicted molar refractivity (Wildman–Crippen MR) is 64.6 cm³/mol. The monoisotopic (exact) mass is 248 g/mol. The molecule has 0 aromatic rings. The van der Waals surface area contributed by atoms with Crippen molar-refractivity contribution >= 4 is 18.3 Å². The van der Waals surface area contributed by atoms with Gasteiger partial charge in [-0.25, -0.2) is 0 Å². The summed E-state index contributed by atoms with van der Waals surface area (Å²) in [7, 11) is 1.71. The smallest absolute Gasteiger partial charge is 0.225 e. The maximum atomic E-state index is 12.1. The van der Waals surface area contributed by atoms with E-state index >= 15 is 0 Å². The molecule has 0 aromatic heterocycles. The van der Waals surface area contributed by atoms with Gasteiger partial charge in [-0.15, -0.1) is 12.4 Å². The van der Waals surface area contributed by atoms with Gasteiger partial charge in [0, 0.05) is 32.2 Å². The van der Waals surface area contributed by atoms with E-state index in [4.69, 9.17) is 10.5 Å². The van der Waals surface area contributed by atoms with Crippen molar-refractivity contribution in [2.75, 3.05) is 20.2 Å². The largest absolute Gasteiger partial charge is 0.380 e. The van der Waals surface area contributed by atoms with Gasteiger partial charge < -0.3 is 15.4 Å². The van der Waals surface area contributed by atoms with Crippen molar-refractivity contribution in [1.82, 2.24) is 4.90 Å². The van der Waals surface area contributed by atoms with E-state index in [1.54, 1.807) is 7.11 Å². The number of likely N-dealkylation sites (tertiary alicyclic amines) is 1. The molecule has 0 aromatic carbocycles. The molecule has 2 unspecified atom stereocenters. The molecule has 94 valence electrons. The molecule has 1 heterocycles. The number of methoxy groups -OCH3 is 1. The molecule has 0 radical (unpaired) electrons. The Morgan fingerprint density at radius 1 is 1.38 bits per heavy atom. The van der Waals surface area contributed by atoms with Gasteiger partial charge >= 0.3 is 0 Å². The van der Waals surface area contributed by atoms with Crippen LogP contribution in [0.2, 0.25) is 0 Å². The molecule has 1 saturated heterocycles. The van der Waals surface area contributed by atoms with Crippen LogP contribution in [0.1, 0.15) is 25.7 Å². The molecule has 0 spiro atoms. The van der Waals surface area contributed by atoms with Crippen molar-refractivity contribution in [1.29, 1.82) is 0 Å². The molecule has 1 saturated carbocycles. The number of carbonyl (C=O) groups excluding carboxylic acids is 1. The minimum atomic E-state index is 0. The van der Waals surface area contributed by atoms with Gasteiger partial charge in [0.15, 0.2) is 0 Å². The molecule has 2 rings (SSSR count). The van der Waals surface area contributed by atoms with Crippen molar-refractivity contribution in [2.24, 2.45) is 11.7 Å². The number of hydrogen-bond acceptors (Lipinski definition) is 3. The second-order valence-corrected chi connectivity index (χ2v) is 4.70. The fourth-order valence-electron chi connectivity index (χ4n) is 2.62. The van der Waals surface area contributed by atoms with Gasteiger partial charge in [-0.1, -0.05) is 0 Å². The molecule has 5 heteroatoms. The highest BCUT2D eigenvalue weighted by molar-refractivity contribution is 5.85. The average Bonchev–Trinajstić information content (AvgIpc) is 2.84. The summed E-state index contributed by atoms with van der Waals surface area (Å²) in [5.41, 5.74) is 5.82. The van der Waals surface area contributed by atoms with Crippen molar-refractivity contribution < 1.29 is 9.53 Å². The number of amides is 1. The third-order valence-electron chi connectivity index (χ3n) is 3.61. The van der Waals surface area contributed by atoms with E-state index in [-0.39, 0.29) is 30.5 Å². The van der Waals surface area contributed by atoms with Crippen LogP contribution in [0, 0.1) is 5.92 Å². The van der Waals surface area contributed by atoms with Gasteiger partial charge in [-0.2, -0.15) is 0 Å². The molecule has 16 heavy (non-hydrogen) atoms. The topological polar surface area (TPSA) is 55.6 Å². The molecule has 4 nitrogen and oxygen atoms in total. The zero-order valence-corrected chi connectivity index (χ0v) is 10.5. The van der Waals surface area contributed by atoms with Crippen LogP contribution in [0.3, 0.4) is 0 Å². The quantitative estimate of drug-likeness (QED) is 0.786. The first kappa shape index (κ1) is 13.7. The van der Waals surface area contributed by atoms with E-state index in [1.807, 2.05) is 4.90 Å². The lowest BCUT2D eigenvalue weighted by atomic mass is 10.1. The highest BCUT2D eigenvalue weighted by atomic mass is 35.5. The van der Waals surface area contributed by atoms with Gasteiger partial charge in [0.1, 0.15) is 0 Å². The van der Waals surface area contributed by atoms with E-state index < -0.39 is 0 Å². The summed E-state index contributed by atoms with van der Waals surface area (Å²) in [5.74, 6) is 0.470. The first-order valence-corrected chi connectivity index (χ1v) is 5.78. The van der Waals surface area contributed by atoms with Crippen LogP contribution in [-0.2, 0) is 9.53 Å². The van der Waals surface area contributed by atoms with Crippen LogP contribution in [0.5, 0.6) is 0 Å². The lowest BCUT2D eigenvalue weighted by molar-refractivity contribution is -0.134. The molecular weight excluding hydrogens is 228 g/mol. The third kappa shape index (κ3) is 2.87. The van der Waals surface area contributed by atoms with Crippen molar-refractivity contribution in [3.05, 3.63) is 0 Å². The van der Waals surface area contributed by atoms with E-state index in [0.29, 0.717) is 5.91 Å². The lowest BCUT2D eigenvalue weighted by Gasteiger charge is -2.20. The van der Waals surface area contributed by atoms with Crippen LogP contribution >= 0.6 is 12.4 Å². The molecule has 1 aliphatic carbocycles. The molecule has 2 fully saturated rings. The van der Waals surface area contributed by atoms with E-state index in [9.17, 15) is 4.79 Å². The second-order valence-electron chi connectivity index (χ2n) is 4.70. The summed E-state index contributed by atoms with van der Waals surface area (Å²) in [5, 5.41) is 0. The predicted octanol–water partition coefficient (Wildman–Crippen LogP) is 0.783. The summed E-state index contributed by atoms with van der Waals surface area (Å²) >= 11 is 0. The molecule has 3 atom stereocenters. The zero-order valence-electron chi connectivity index (χ0n) is 9.72. The Balaban J connectivity index is 0.00000128. The Hall–Kier alpha value is -0.320. The van der Waals surface area contributed by atoms with Gasteiger partial charge in [0.25, 0.3) is 0 Å². The summed E-state index contributed by atoms with van der Waals surface area (Å²) in [6.07, 6.45) is 4.05. The van der Waals surface area contributed by atoms with Crippen LogP contribution in [0.4, 0.5) is 0 Å². The molecular formula is C11H21ClN2O2. The van der Waals surface area contributed by atoms with Gasteiger partial charge in [0.2, 0.25) is 5.91 Å². The SMILES string of the molecule is CO[C@@H]1CCN(C(=O)C2CCC(N)C2)C1.Cl. The van der Waals surface area contributed by atoms with Crippen LogP contribution in [-0.4, -0.2) is 43.2 Å². The third-order valence-corrected chi connectivity index (χ3v) is 3.61. The first-order valence-electron chi connectivity index (χ1n) is 5.78. The van der Waals surface area contributed by atoms with Crippen molar-refractivity contribution in [2.45, 2.75) is 37.8 Å². The minimum Gasteiger partial charge on any atom is -0.380 e. The number of rotatable bonds is 2. The van der Waals surface area contributed by atoms with Gasteiger partial charge in [-0.05, 0) is 25.7 Å². The van der Waals surface area contributed by atoms with E-state index in [0.717, 1.165) is 38.8 Å². The Morgan fingerprint density at radius 2 is 2.12 bits per heavy atom. The fraction of sp³-hybridized carbons (Fsp3) is 0.909. The fourth-order valence-corrected chi connectivity index (χ4v) is 2.62. The zero-order chi connectivity index (χ0) is 10.8. The standard InChI is InChI=1S/C11H20N2O2.ClH/c1-15-10-4-5-13(7-10)11(14)8-2-3-9(12)6-8;/h8-10H,2-7,12H2,1H3;1H/t8?,9?,10-;/m1./s1. The Kier molecular flexibility index (Phi) is 5.02. The molecule has 1 aliphatic heterocycles. The van der Waals surface area contributed by atoms with Gasteiger partial charge in [-0.3, -0.25) is 4.79 Å². The normalized spacial score (nSPS) is 33.9. The van der Waals surface area contributed by atoms with Crippen molar-refractivity contribution in [3.63, 3.8) is 0 Å². The minimum absolute atomic E-state index is 0. The molecule has 2 N–H and O–H groups in total. The first-order chi connectivity index (χ1) is 7.20. The summed E-state index contributed by atoms with van der Waals surface area (Å²) in [6.45, 7) is 1.62. The Bertz CT molecular complexity index is 250. The number of nitrogens with two attached hydrogens (primary N) is 1. The average molecular weight is 249 g/mol. The molecule has 0 bridgehead atoms. The number of halogens is 1. The lowest BCUT2D eigenvalue weighted by Crippen LogP contribution is -2.34. The van der Waals surface area contributed by atoms with E-state index in [1.165, 1.54) is 0 Å². The number of nitrogens with zero attached hydrogens (tertiary/aromatic N) is 1. The van der Waals surface area contributed by atoms with Crippen molar-refractivity contribution in [3.8, 4) is 0 Å². The Labute approximate surface area is 103 Å². The highest BCUT2D eigenvalue weighted by Gasteiger charge is 2.34. The molecule has 2 aliphatic rings. The highest BCUT2D eigenvalue weighted by Crippen LogP contribution is 2.27. The maximum Gasteiger partial charge on any atom is 0.225 e. The Morgan fingerprint density at radius 3 is 2.62 bits per heavy atom. The number of ether oxygens (including phenoxy) is 1. The summed E-state index contributed by atoms with van der Waals surface area (Å²) in [4.78, 5) is 14.0. The van der Waals surface area contributed by atoms with Crippen LogP contribution in [0.25, 0.3) is 0 Å². The number of hydrogen-bond donors (Lipinski definition) is 1. The van der Waals surface area contributed by atoms with Crippen LogP contribution in [0.15, 0.2) is 0 Å². The number of carbonyl (C=O) groups is 1. The van der Waals surface area contributed by atoms with Gasteiger partial charge in [0.05, 0.1) is 6.10 Å².